The molecule has 4 atom stereocenters. The SMILES string of the molecule is COc1cc(C2C3C(NNC3c3c(C)cc(C)cc3O)C(=O)N2Cc2ccco2)ccc1O. The van der Waals surface area contributed by atoms with E-state index in [1.165, 1.54) is 7.11 Å². The number of phenolic OH excluding ortho intramolecular Hbond substituents is 2. The summed E-state index contributed by atoms with van der Waals surface area (Å²) in [7, 11) is 1.50. The number of hydrogen-bond acceptors (Lipinski definition) is 7. The number of nitrogens with one attached hydrogen (secondary N) is 2. The molecule has 2 aliphatic rings. The summed E-state index contributed by atoms with van der Waals surface area (Å²) < 4.78 is 10.9. The van der Waals surface area contributed by atoms with Gasteiger partial charge in [0.05, 0.1) is 32.0 Å². The average Bonchev–Trinajstić information content (AvgIpc) is 3.49. The molecule has 2 aromatic carbocycles. The zero-order chi connectivity index (χ0) is 23.3. The molecule has 33 heavy (non-hydrogen) atoms. The summed E-state index contributed by atoms with van der Waals surface area (Å²) in [4.78, 5) is 15.4. The Bertz CT molecular complexity index is 1170. The number of likely N-dealkylation sites (tertiary alicyclic amines) is 1. The van der Waals surface area contributed by atoms with Crippen LogP contribution in [0.2, 0.25) is 0 Å². The van der Waals surface area contributed by atoms with Crippen molar-refractivity contribution in [1.29, 1.82) is 0 Å². The number of aryl methyl sites for hydroxylation is 2. The number of nitrogens with zero attached hydrogens (tertiary/aromatic N) is 1. The highest BCUT2D eigenvalue weighted by Crippen LogP contribution is 2.50. The zero-order valence-electron chi connectivity index (χ0n) is 18.7. The molecule has 172 valence electrons. The van der Waals surface area contributed by atoms with Crippen molar-refractivity contribution >= 4 is 5.91 Å². The van der Waals surface area contributed by atoms with E-state index in [2.05, 4.69) is 10.9 Å². The van der Waals surface area contributed by atoms with Gasteiger partial charge in [-0.1, -0.05) is 12.1 Å². The second-order valence-electron chi connectivity index (χ2n) is 8.76. The molecule has 4 N–H and O–H groups in total. The van der Waals surface area contributed by atoms with Gasteiger partial charge in [0.1, 0.15) is 17.6 Å². The number of furan rings is 1. The van der Waals surface area contributed by atoms with E-state index < -0.39 is 6.04 Å². The van der Waals surface area contributed by atoms with Crippen molar-refractivity contribution in [3.05, 3.63) is 76.7 Å². The average molecular weight is 450 g/mol. The third-order valence-electron chi connectivity index (χ3n) is 6.69. The number of carbonyl (C=O) groups is 1. The van der Waals surface area contributed by atoms with Crippen LogP contribution in [0.5, 0.6) is 17.2 Å². The van der Waals surface area contributed by atoms with Gasteiger partial charge in [-0.15, -0.1) is 0 Å². The minimum atomic E-state index is -0.491. The van der Waals surface area contributed by atoms with E-state index >= 15 is 0 Å². The number of aromatic hydroxyl groups is 2. The van der Waals surface area contributed by atoms with Crippen molar-refractivity contribution in [3.63, 3.8) is 0 Å². The van der Waals surface area contributed by atoms with Gasteiger partial charge in [0.2, 0.25) is 5.91 Å². The van der Waals surface area contributed by atoms with Crippen LogP contribution in [0.1, 0.15) is 40.1 Å². The predicted octanol–water partition coefficient (Wildman–Crippen LogP) is 3.23. The van der Waals surface area contributed by atoms with Gasteiger partial charge in [0.15, 0.2) is 11.5 Å². The van der Waals surface area contributed by atoms with Crippen LogP contribution in [0, 0.1) is 19.8 Å². The predicted molar refractivity (Wildman–Crippen MR) is 121 cm³/mol. The number of rotatable bonds is 5. The standard InChI is InChI=1S/C25H27N3O5/c1-13-9-14(2)20(18(30)10-13)22-21-23(27-26-22)25(31)28(12-16-5-4-8-33-16)24(21)15-6-7-17(29)19(11-15)32-3/h4-11,21-24,26-27,29-30H,12H2,1-3H3. The Kier molecular flexibility index (Phi) is 5.26. The van der Waals surface area contributed by atoms with Gasteiger partial charge in [-0.05, 0) is 60.9 Å². The van der Waals surface area contributed by atoms with E-state index in [0.717, 1.165) is 22.3 Å². The fraction of sp³-hybridized carbons (Fsp3) is 0.320. The van der Waals surface area contributed by atoms with Crippen molar-refractivity contribution in [2.24, 2.45) is 5.92 Å². The molecule has 0 spiro atoms. The number of fused-ring (bicyclic) bond motifs is 1. The monoisotopic (exact) mass is 449 g/mol. The first kappa shape index (κ1) is 21.4. The number of hydrogen-bond donors (Lipinski definition) is 4. The number of phenols is 2. The van der Waals surface area contributed by atoms with Crippen LogP contribution in [-0.4, -0.2) is 34.2 Å². The first-order valence-electron chi connectivity index (χ1n) is 10.9. The van der Waals surface area contributed by atoms with Crippen LogP contribution < -0.4 is 15.6 Å². The molecule has 2 aliphatic heterocycles. The fourth-order valence-corrected chi connectivity index (χ4v) is 5.33. The molecule has 0 bridgehead atoms. The highest BCUT2D eigenvalue weighted by Gasteiger charge is 2.56. The van der Waals surface area contributed by atoms with E-state index in [-0.39, 0.29) is 35.4 Å². The number of hydrazine groups is 1. The minimum Gasteiger partial charge on any atom is -0.508 e. The number of ether oxygens (including phenoxy) is 1. The Balaban J connectivity index is 1.63. The first-order chi connectivity index (χ1) is 15.9. The lowest BCUT2D eigenvalue weighted by atomic mass is 9.81. The van der Waals surface area contributed by atoms with Gasteiger partial charge < -0.3 is 24.3 Å². The van der Waals surface area contributed by atoms with Crippen molar-refractivity contribution in [1.82, 2.24) is 15.8 Å². The Morgan fingerprint density at radius 1 is 1.06 bits per heavy atom. The van der Waals surface area contributed by atoms with Crippen LogP contribution in [0.3, 0.4) is 0 Å². The van der Waals surface area contributed by atoms with Crippen molar-refractivity contribution < 1.29 is 24.2 Å². The second-order valence-corrected chi connectivity index (χ2v) is 8.76. The lowest BCUT2D eigenvalue weighted by Gasteiger charge is -2.31. The molecular weight excluding hydrogens is 422 g/mol. The van der Waals surface area contributed by atoms with Crippen LogP contribution in [-0.2, 0) is 11.3 Å². The maximum Gasteiger partial charge on any atom is 0.242 e. The van der Waals surface area contributed by atoms with Gasteiger partial charge in [0.25, 0.3) is 0 Å². The number of methoxy groups -OCH3 is 1. The molecule has 1 amide bonds. The molecule has 5 rings (SSSR count). The fourth-order valence-electron chi connectivity index (χ4n) is 5.33. The van der Waals surface area contributed by atoms with Crippen molar-refractivity contribution in [2.75, 3.05) is 7.11 Å². The van der Waals surface area contributed by atoms with E-state index in [9.17, 15) is 15.0 Å². The number of benzene rings is 2. The maximum atomic E-state index is 13.6. The molecule has 8 heteroatoms. The van der Waals surface area contributed by atoms with Gasteiger partial charge in [-0.25, -0.2) is 10.9 Å². The van der Waals surface area contributed by atoms with Gasteiger partial charge >= 0.3 is 0 Å². The smallest absolute Gasteiger partial charge is 0.242 e. The molecule has 4 unspecified atom stereocenters. The normalized spacial score (nSPS) is 24.3. The molecule has 0 saturated carbocycles. The Morgan fingerprint density at radius 2 is 1.85 bits per heavy atom. The molecule has 1 aromatic heterocycles. The van der Waals surface area contributed by atoms with Crippen LogP contribution in [0.4, 0.5) is 0 Å². The summed E-state index contributed by atoms with van der Waals surface area (Å²) in [6.45, 7) is 4.21. The van der Waals surface area contributed by atoms with Gasteiger partial charge in [-0.3, -0.25) is 4.79 Å². The first-order valence-corrected chi connectivity index (χ1v) is 10.9. The van der Waals surface area contributed by atoms with E-state index in [1.807, 2.05) is 32.0 Å². The Hall–Kier alpha value is -3.49. The maximum absolute atomic E-state index is 13.6. The van der Waals surface area contributed by atoms with Crippen molar-refractivity contribution in [3.8, 4) is 17.2 Å². The minimum absolute atomic E-state index is 0.0333. The van der Waals surface area contributed by atoms with Crippen LogP contribution >= 0.6 is 0 Å². The van der Waals surface area contributed by atoms with Crippen molar-refractivity contribution in [2.45, 2.75) is 38.5 Å². The molecule has 3 aromatic rings. The lowest BCUT2D eigenvalue weighted by molar-refractivity contribution is -0.131. The summed E-state index contributed by atoms with van der Waals surface area (Å²) in [5.41, 5.74) is 9.95. The summed E-state index contributed by atoms with van der Waals surface area (Å²) >= 11 is 0. The third-order valence-corrected chi connectivity index (χ3v) is 6.69. The molecule has 3 heterocycles. The van der Waals surface area contributed by atoms with Crippen LogP contribution in [0.15, 0.2) is 53.1 Å². The third kappa shape index (κ3) is 3.51. The molecular formula is C25H27N3O5. The van der Waals surface area contributed by atoms with E-state index in [1.54, 1.807) is 35.4 Å². The number of carbonyl (C=O) groups excluding carboxylic acids is 1. The molecule has 0 aliphatic carbocycles. The van der Waals surface area contributed by atoms with Gasteiger partial charge in [0, 0.05) is 11.5 Å². The highest BCUT2D eigenvalue weighted by atomic mass is 16.5. The number of amides is 1. The topological polar surface area (TPSA) is 107 Å². The lowest BCUT2D eigenvalue weighted by Crippen LogP contribution is -2.41. The summed E-state index contributed by atoms with van der Waals surface area (Å²) in [6.07, 6.45) is 1.59. The molecule has 2 fully saturated rings. The van der Waals surface area contributed by atoms with Crippen LogP contribution in [0.25, 0.3) is 0 Å². The summed E-state index contributed by atoms with van der Waals surface area (Å²) in [5.74, 6) is 0.961. The molecule has 2 saturated heterocycles. The van der Waals surface area contributed by atoms with E-state index in [4.69, 9.17) is 9.15 Å². The largest absolute Gasteiger partial charge is 0.508 e. The van der Waals surface area contributed by atoms with E-state index in [0.29, 0.717) is 18.1 Å². The Morgan fingerprint density at radius 3 is 2.55 bits per heavy atom. The highest BCUT2D eigenvalue weighted by molar-refractivity contribution is 5.86. The Labute approximate surface area is 191 Å². The zero-order valence-corrected chi connectivity index (χ0v) is 18.7. The summed E-state index contributed by atoms with van der Waals surface area (Å²) in [6, 6.07) is 11.4. The van der Waals surface area contributed by atoms with Gasteiger partial charge in [-0.2, -0.15) is 0 Å². The molecule has 0 radical (unpaired) electrons. The summed E-state index contributed by atoms with van der Waals surface area (Å²) in [5, 5.41) is 21.0. The second kappa shape index (κ2) is 8.13. The quantitative estimate of drug-likeness (QED) is 0.474. The molecule has 8 nitrogen and oxygen atoms in total.